The molecule has 1 unspecified atom stereocenters. The molecule has 0 aliphatic carbocycles. The molecule has 1 aromatic carbocycles. The van der Waals surface area contributed by atoms with Crippen LogP contribution in [0.5, 0.6) is 11.5 Å². The van der Waals surface area contributed by atoms with E-state index in [9.17, 15) is 9.59 Å². The number of hydrogen-bond acceptors (Lipinski definition) is 4. The minimum Gasteiger partial charge on any atom is -0.490 e. The first-order valence-corrected chi connectivity index (χ1v) is 8.18. The van der Waals surface area contributed by atoms with Crippen LogP contribution in [0.15, 0.2) is 18.2 Å². The lowest BCUT2D eigenvalue weighted by Crippen LogP contribution is -2.42. The Balaban J connectivity index is 2.25. The molecule has 1 aliphatic heterocycles. The number of rotatable bonds is 6. The largest absolute Gasteiger partial charge is 0.490 e. The van der Waals surface area contributed by atoms with Gasteiger partial charge in [-0.3, -0.25) is 4.79 Å². The summed E-state index contributed by atoms with van der Waals surface area (Å²) in [5.41, 5.74) is 0.337. The van der Waals surface area contributed by atoms with Crippen molar-refractivity contribution in [1.29, 1.82) is 0 Å². The molecule has 24 heavy (non-hydrogen) atoms. The van der Waals surface area contributed by atoms with Crippen LogP contribution in [0.2, 0.25) is 0 Å². The second-order valence-corrected chi connectivity index (χ2v) is 6.81. The van der Waals surface area contributed by atoms with Gasteiger partial charge in [0.2, 0.25) is 0 Å². The Morgan fingerprint density at radius 1 is 1.29 bits per heavy atom. The number of aliphatic carboxylic acids is 1. The van der Waals surface area contributed by atoms with E-state index in [4.69, 9.17) is 14.6 Å². The third kappa shape index (κ3) is 3.99. The topological polar surface area (TPSA) is 76.1 Å². The van der Waals surface area contributed by atoms with Crippen LogP contribution in [0.4, 0.5) is 0 Å². The monoisotopic (exact) mass is 335 g/mol. The quantitative estimate of drug-likeness (QED) is 0.865. The van der Waals surface area contributed by atoms with Crippen LogP contribution >= 0.6 is 0 Å². The van der Waals surface area contributed by atoms with E-state index >= 15 is 0 Å². The van der Waals surface area contributed by atoms with Gasteiger partial charge in [-0.2, -0.15) is 0 Å². The summed E-state index contributed by atoms with van der Waals surface area (Å²) in [6.07, 6.45) is 0.969. The number of carboxylic acid groups (broad SMARTS) is 1. The van der Waals surface area contributed by atoms with Gasteiger partial charge in [-0.05, 0) is 51.3 Å². The normalized spacial score (nSPS) is 19.2. The molecule has 6 nitrogen and oxygen atoms in total. The Kier molecular flexibility index (Phi) is 5.36. The average molecular weight is 335 g/mol. The lowest BCUT2D eigenvalue weighted by atomic mass is 9.97. The highest BCUT2D eigenvalue weighted by atomic mass is 16.5. The summed E-state index contributed by atoms with van der Waals surface area (Å²) in [4.78, 5) is 25.4. The zero-order chi connectivity index (χ0) is 17.9. The van der Waals surface area contributed by atoms with Gasteiger partial charge in [-0.25, -0.2) is 4.79 Å². The number of carbonyl (C=O) groups excluding carboxylic acids is 1. The highest BCUT2D eigenvalue weighted by molar-refractivity contribution is 5.95. The molecular formula is C18H25NO5. The van der Waals surface area contributed by atoms with Crippen molar-refractivity contribution >= 4 is 11.9 Å². The van der Waals surface area contributed by atoms with Gasteiger partial charge in [-0.1, -0.05) is 6.92 Å². The molecule has 0 aromatic heterocycles. The molecule has 0 spiro atoms. The number of likely N-dealkylation sites (tertiary alicyclic amines) is 1. The first-order chi connectivity index (χ1) is 11.2. The zero-order valence-electron chi connectivity index (χ0n) is 14.7. The molecule has 1 amide bonds. The highest BCUT2D eigenvalue weighted by Gasteiger charge is 2.39. The van der Waals surface area contributed by atoms with Gasteiger partial charge >= 0.3 is 5.97 Å². The number of nitrogens with zero attached hydrogens (tertiary/aromatic N) is 1. The second kappa shape index (κ2) is 7.11. The predicted octanol–water partition coefficient (Wildman–Crippen LogP) is 2.81. The third-order valence-corrected chi connectivity index (χ3v) is 4.16. The van der Waals surface area contributed by atoms with Crippen molar-refractivity contribution in [1.82, 2.24) is 4.90 Å². The Morgan fingerprint density at radius 2 is 2.00 bits per heavy atom. The van der Waals surface area contributed by atoms with E-state index in [1.165, 1.54) is 0 Å². The molecular weight excluding hydrogens is 310 g/mol. The van der Waals surface area contributed by atoms with Crippen molar-refractivity contribution in [2.75, 3.05) is 19.8 Å². The van der Waals surface area contributed by atoms with Crippen molar-refractivity contribution in [2.45, 2.75) is 39.7 Å². The summed E-state index contributed by atoms with van der Waals surface area (Å²) in [6, 6.07) is 4.87. The fraction of sp³-hybridized carbons (Fsp3) is 0.556. The van der Waals surface area contributed by atoms with E-state index in [2.05, 4.69) is 20.8 Å². The highest BCUT2D eigenvalue weighted by Crippen LogP contribution is 2.35. The van der Waals surface area contributed by atoms with E-state index in [1.807, 2.05) is 11.8 Å². The Labute approximate surface area is 142 Å². The molecule has 1 N–H and O–H groups in total. The minimum atomic E-state index is -1.06. The third-order valence-electron chi connectivity index (χ3n) is 4.16. The van der Waals surface area contributed by atoms with E-state index in [0.717, 1.165) is 13.0 Å². The summed E-state index contributed by atoms with van der Waals surface area (Å²) < 4.78 is 10.7. The van der Waals surface area contributed by atoms with Crippen molar-refractivity contribution in [3.8, 4) is 11.5 Å². The number of hydrogen-bond donors (Lipinski definition) is 1. The van der Waals surface area contributed by atoms with E-state index < -0.39 is 12.6 Å². The minimum absolute atomic E-state index is 0.0462. The number of carbonyl (C=O) groups is 2. The maximum atomic E-state index is 12.9. The van der Waals surface area contributed by atoms with Crippen LogP contribution in [0, 0.1) is 5.92 Å². The number of ether oxygens (including phenoxy) is 2. The smallest absolute Gasteiger partial charge is 0.341 e. The molecule has 1 saturated heterocycles. The van der Waals surface area contributed by atoms with E-state index in [-0.39, 0.29) is 11.4 Å². The Bertz CT molecular complexity index is 626. The van der Waals surface area contributed by atoms with Crippen LogP contribution in [0.3, 0.4) is 0 Å². The standard InChI is InChI=1S/C18H25NO5/c1-5-23-15-8-13(6-7-14(15)24-11-16(20)21)17(22)19-10-12(2)9-18(19,3)4/h6-8,12H,5,9-11H2,1-4H3,(H,20,21). The molecule has 1 aliphatic rings. The van der Waals surface area contributed by atoms with Crippen molar-refractivity contribution < 1.29 is 24.2 Å². The lowest BCUT2D eigenvalue weighted by Gasteiger charge is -2.31. The maximum absolute atomic E-state index is 12.9. The Morgan fingerprint density at radius 3 is 2.54 bits per heavy atom. The molecule has 2 rings (SSSR count). The van der Waals surface area contributed by atoms with Gasteiger partial charge in [-0.15, -0.1) is 0 Å². The molecule has 1 heterocycles. The summed E-state index contributed by atoms with van der Waals surface area (Å²) in [5, 5.41) is 8.74. The molecule has 0 saturated carbocycles. The van der Waals surface area contributed by atoms with Crippen LogP contribution < -0.4 is 9.47 Å². The van der Waals surface area contributed by atoms with Gasteiger partial charge in [0.05, 0.1) is 6.61 Å². The fourth-order valence-corrected chi connectivity index (χ4v) is 3.27. The molecule has 0 radical (unpaired) electrons. The molecule has 132 valence electrons. The summed E-state index contributed by atoms with van der Waals surface area (Å²) in [6.45, 7) is 8.78. The van der Waals surface area contributed by atoms with Crippen molar-refractivity contribution in [2.24, 2.45) is 5.92 Å². The first kappa shape index (κ1) is 18.1. The number of carboxylic acids is 1. The van der Waals surface area contributed by atoms with Gasteiger partial charge in [0.15, 0.2) is 18.1 Å². The van der Waals surface area contributed by atoms with Gasteiger partial charge in [0, 0.05) is 17.6 Å². The van der Waals surface area contributed by atoms with E-state index in [1.54, 1.807) is 18.2 Å². The molecule has 1 aromatic rings. The maximum Gasteiger partial charge on any atom is 0.341 e. The van der Waals surface area contributed by atoms with Crippen molar-refractivity contribution in [3.05, 3.63) is 23.8 Å². The van der Waals surface area contributed by atoms with Crippen molar-refractivity contribution in [3.63, 3.8) is 0 Å². The second-order valence-electron chi connectivity index (χ2n) is 6.81. The summed E-state index contributed by atoms with van der Waals surface area (Å²) in [5.74, 6) is 0.0634. The summed E-state index contributed by atoms with van der Waals surface area (Å²) in [7, 11) is 0. The van der Waals surface area contributed by atoms with Crippen LogP contribution in [-0.4, -0.2) is 47.2 Å². The number of benzene rings is 1. The van der Waals surface area contributed by atoms with Gasteiger partial charge in [0.1, 0.15) is 0 Å². The molecule has 1 fully saturated rings. The fourth-order valence-electron chi connectivity index (χ4n) is 3.27. The molecule has 1 atom stereocenters. The zero-order valence-corrected chi connectivity index (χ0v) is 14.7. The van der Waals surface area contributed by atoms with Crippen LogP contribution in [-0.2, 0) is 4.79 Å². The molecule has 0 bridgehead atoms. The predicted molar refractivity (Wildman–Crippen MR) is 89.6 cm³/mol. The van der Waals surface area contributed by atoms with E-state index in [0.29, 0.717) is 29.6 Å². The van der Waals surface area contributed by atoms with Gasteiger partial charge in [0.25, 0.3) is 5.91 Å². The van der Waals surface area contributed by atoms with Gasteiger partial charge < -0.3 is 19.5 Å². The lowest BCUT2D eigenvalue weighted by molar-refractivity contribution is -0.139. The Hall–Kier alpha value is -2.24. The summed E-state index contributed by atoms with van der Waals surface area (Å²) >= 11 is 0. The molecule has 6 heteroatoms. The van der Waals surface area contributed by atoms with Crippen LogP contribution in [0.25, 0.3) is 0 Å². The van der Waals surface area contributed by atoms with Crippen LogP contribution in [0.1, 0.15) is 44.5 Å². The average Bonchev–Trinajstić information content (AvgIpc) is 2.78. The number of amides is 1. The first-order valence-electron chi connectivity index (χ1n) is 8.18. The SMILES string of the molecule is CCOc1cc(C(=O)N2CC(C)CC2(C)C)ccc1OCC(=O)O.